The Labute approximate surface area is 225 Å². The van der Waals surface area contributed by atoms with Crippen molar-refractivity contribution in [1.29, 1.82) is 0 Å². The topological polar surface area (TPSA) is 87.7 Å². The third-order valence-electron chi connectivity index (χ3n) is 5.87. The zero-order valence-electron chi connectivity index (χ0n) is 23.1. The van der Waals surface area contributed by atoms with E-state index < -0.39 is 23.8 Å². The normalized spacial score (nSPS) is 13.0. The van der Waals surface area contributed by atoms with E-state index in [-0.39, 0.29) is 17.7 Å². The molecule has 0 spiro atoms. The van der Waals surface area contributed by atoms with Gasteiger partial charge >= 0.3 is 6.09 Å². The van der Waals surface area contributed by atoms with Gasteiger partial charge in [0.15, 0.2) is 0 Å². The molecular formula is C29H40ClN3O4. The maximum Gasteiger partial charge on any atom is 0.408 e. The van der Waals surface area contributed by atoms with Crippen molar-refractivity contribution in [3.8, 4) is 0 Å². The predicted octanol–water partition coefficient (Wildman–Crippen LogP) is 6.42. The van der Waals surface area contributed by atoms with Crippen molar-refractivity contribution in [1.82, 2.24) is 10.2 Å². The first kappa shape index (κ1) is 30.2. The van der Waals surface area contributed by atoms with E-state index in [1.807, 2.05) is 71.0 Å². The highest BCUT2D eigenvalue weighted by Crippen LogP contribution is 2.31. The highest BCUT2D eigenvalue weighted by molar-refractivity contribution is 6.34. The summed E-state index contributed by atoms with van der Waals surface area (Å²) in [5.41, 5.74) is 2.17. The molecule has 0 radical (unpaired) electrons. The van der Waals surface area contributed by atoms with Crippen LogP contribution in [0.4, 0.5) is 10.5 Å². The van der Waals surface area contributed by atoms with Gasteiger partial charge in [0.1, 0.15) is 17.7 Å². The van der Waals surface area contributed by atoms with Gasteiger partial charge in [-0.15, -0.1) is 0 Å². The van der Waals surface area contributed by atoms with Gasteiger partial charge in [0.2, 0.25) is 5.91 Å². The summed E-state index contributed by atoms with van der Waals surface area (Å²) in [5, 5.41) is 6.11. The van der Waals surface area contributed by atoms with Crippen LogP contribution in [0.2, 0.25) is 5.02 Å². The SMILES string of the molecule is CCCN(C(=O)C(NC(=O)OC(C)(C)C)C(C)C)C(C(=O)Nc1c(C)cccc1Cl)c1ccccc1C. The van der Waals surface area contributed by atoms with Crippen LogP contribution in [0.3, 0.4) is 0 Å². The number of halogens is 1. The highest BCUT2D eigenvalue weighted by Gasteiger charge is 2.38. The Bertz CT molecular complexity index is 1090. The number of hydrogen-bond donors (Lipinski definition) is 2. The van der Waals surface area contributed by atoms with Crippen LogP contribution in [0.1, 0.15) is 70.7 Å². The van der Waals surface area contributed by atoms with Gasteiger partial charge in [-0.2, -0.15) is 0 Å². The number of amides is 3. The van der Waals surface area contributed by atoms with E-state index in [1.165, 1.54) is 0 Å². The summed E-state index contributed by atoms with van der Waals surface area (Å²) in [6.07, 6.45) is -0.0661. The van der Waals surface area contributed by atoms with Gasteiger partial charge in [-0.1, -0.05) is 68.8 Å². The average molecular weight is 530 g/mol. The number of rotatable bonds is 9. The molecule has 0 saturated carbocycles. The van der Waals surface area contributed by atoms with Crippen LogP contribution < -0.4 is 10.6 Å². The molecule has 0 aliphatic carbocycles. The van der Waals surface area contributed by atoms with E-state index in [1.54, 1.807) is 31.7 Å². The van der Waals surface area contributed by atoms with Crippen molar-refractivity contribution in [2.24, 2.45) is 5.92 Å². The first-order valence-corrected chi connectivity index (χ1v) is 13.1. The average Bonchev–Trinajstić information content (AvgIpc) is 2.79. The number of ether oxygens (including phenoxy) is 1. The number of benzene rings is 2. The molecule has 2 atom stereocenters. The van der Waals surface area contributed by atoms with Crippen molar-refractivity contribution in [2.45, 2.75) is 79.5 Å². The van der Waals surface area contributed by atoms with Gasteiger partial charge in [-0.3, -0.25) is 9.59 Å². The molecule has 0 fully saturated rings. The van der Waals surface area contributed by atoms with E-state index in [4.69, 9.17) is 16.3 Å². The predicted molar refractivity (Wildman–Crippen MR) is 149 cm³/mol. The molecule has 2 aromatic rings. The zero-order chi connectivity index (χ0) is 27.9. The second-order valence-corrected chi connectivity index (χ2v) is 11.0. The first-order chi connectivity index (χ1) is 17.3. The molecule has 2 unspecified atom stereocenters. The number of aryl methyl sites for hydroxylation is 2. The maximum absolute atomic E-state index is 14.0. The third-order valence-corrected chi connectivity index (χ3v) is 6.18. The van der Waals surface area contributed by atoms with Crippen LogP contribution in [0.15, 0.2) is 42.5 Å². The number of alkyl carbamates (subject to hydrolysis) is 1. The Balaban J connectivity index is 2.54. The molecule has 2 aromatic carbocycles. The van der Waals surface area contributed by atoms with Gasteiger partial charge in [0.05, 0.1) is 10.7 Å². The number of para-hydroxylation sites is 1. The lowest BCUT2D eigenvalue weighted by atomic mass is 9.96. The summed E-state index contributed by atoms with van der Waals surface area (Å²) in [6.45, 7) is 15.0. The maximum atomic E-state index is 14.0. The quantitative estimate of drug-likeness (QED) is 0.392. The van der Waals surface area contributed by atoms with Crippen molar-refractivity contribution in [3.63, 3.8) is 0 Å². The van der Waals surface area contributed by atoms with E-state index in [9.17, 15) is 14.4 Å². The summed E-state index contributed by atoms with van der Waals surface area (Å²) < 4.78 is 5.41. The Morgan fingerprint density at radius 2 is 1.62 bits per heavy atom. The number of nitrogens with one attached hydrogen (secondary N) is 2. The molecule has 0 saturated heterocycles. The Kier molecular flexibility index (Phi) is 10.6. The smallest absolute Gasteiger partial charge is 0.408 e. The lowest BCUT2D eigenvalue weighted by molar-refractivity contribution is -0.141. The fourth-order valence-electron chi connectivity index (χ4n) is 4.06. The van der Waals surface area contributed by atoms with Gasteiger partial charge in [-0.05, 0) is 69.7 Å². The Hall–Kier alpha value is -3.06. The molecule has 3 amide bonds. The summed E-state index contributed by atoms with van der Waals surface area (Å²) in [5.74, 6) is -0.986. The van der Waals surface area contributed by atoms with Gasteiger partial charge in [0.25, 0.3) is 5.91 Å². The minimum absolute atomic E-state index is 0.245. The summed E-state index contributed by atoms with van der Waals surface area (Å²) in [7, 11) is 0. The molecule has 8 heteroatoms. The van der Waals surface area contributed by atoms with Crippen molar-refractivity contribution in [2.75, 3.05) is 11.9 Å². The molecule has 0 heterocycles. The van der Waals surface area contributed by atoms with Gasteiger partial charge in [-0.25, -0.2) is 4.79 Å². The monoisotopic (exact) mass is 529 g/mol. The number of anilines is 1. The van der Waals surface area contributed by atoms with Gasteiger partial charge in [0, 0.05) is 6.54 Å². The van der Waals surface area contributed by atoms with Crippen LogP contribution in [-0.2, 0) is 14.3 Å². The molecule has 2 rings (SSSR count). The molecule has 202 valence electrons. The molecule has 0 aliphatic heterocycles. The number of hydrogen-bond acceptors (Lipinski definition) is 4. The minimum atomic E-state index is -0.939. The first-order valence-electron chi connectivity index (χ1n) is 12.7. The second-order valence-electron chi connectivity index (χ2n) is 10.6. The van der Waals surface area contributed by atoms with E-state index >= 15 is 0 Å². The van der Waals surface area contributed by atoms with Crippen LogP contribution >= 0.6 is 11.6 Å². The summed E-state index contributed by atoms with van der Waals surface area (Å²) >= 11 is 6.40. The van der Waals surface area contributed by atoms with Crippen LogP contribution in [0.5, 0.6) is 0 Å². The Morgan fingerprint density at radius 3 is 2.16 bits per heavy atom. The zero-order valence-corrected chi connectivity index (χ0v) is 23.9. The molecule has 37 heavy (non-hydrogen) atoms. The lowest BCUT2D eigenvalue weighted by Crippen LogP contribution is -2.54. The van der Waals surface area contributed by atoms with Crippen LogP contribution in [0.25, 0.3) is 0 Å². The fourth-order valence-corrected chi connectivity index (χ4v) is 4.33. The van der Waals surface area contributed by atoms with E-state index in [0.717, 1.165) is 11.1 Å². The highest BCUT2D eigenvalue weighted by atomic mass is 35.5. The van der Waals surface area contributed by atoms with E-state index in [2.05, 4.69) is 10.6 Å². The molecular weight excluding hydrogens is 490 g/mol. The standard InChI is InChI=1S/C29H40ClN3O4/c1-9-17-33(27(35)23(18(2)3)32-28(36)37-29(6,7)8)25(21-15-11-10-13-19(21)4)26(34)31-24-20(5)14-12-16-22(24)30/h10-16,18,23,25H,9,17H2,1-8H3,(H,31,34)(H,32,36). The minimum Gasteiger partial charge on any atom is -0.444 e. The van der Waals surface area contributed by atoms with Crippen LogP contribution in [0, 0.1) is 19.8 Å². The summed E-state index contributed by atoms with van der Waals surface area (Å²) in [6, 6.07) is 11.0. The number of carbonyl (C=O) groups is 3. The van der Waals surface area contributed by atoms with Crippen molar-refractivity contribution in [3.05, 3.63) is 64.2 Å². The molecule has 0 bridgehead atoms. The fraction of sp³-hybridized carbons (Fsp3) is 0.483. The summed E-state index contributed by atoms with van der Waals surface area (Å²) in [4.78, 5) is 42.1. The van der Waals surface area contributed by atoms with Crippen molar-refractivity contribution < 1.29 is 19.1 Å². The van der Waals surface area contributed by atoms with E-state index in [0.29, 0.717) is 29.2 Å². The van der Waals surface area contributed by atoms with Gasteiger partial charge < -0.3 is 20.3 Å². The molecule has 0 aliphatic rings. The largest absolute Gasteiger partial charge is 0.444 e. The molecule has 7 nitrogen and oxygen atoms in total. The molecule has 0 aromatic heterocycles. The van der Waals surface area contributed by atoms with Crippen molar-refractivity contribution >= 4 is 35.2 Å². The number of nitrogens with zero attached hydrogens (tertiary/aromatic N) is 1. The molecule has 2 N–H and O–H groups in total. The lowest BCUT2D eigenvalue weighted by Gasteiger charge is -2.36. The van der Waals surface area contributed by atoms with Crippen LogP contribution in [-0.4, -0.2) is 41.0 Å². The Morgan fingerprint density at radius 1 is 1.00 bits per heavy atom. The third kappa shape index (κ3) is 8.22. The number of carbonyl (C=O) groups excluding carboxylic acids is 3. The second kappa shape index (κ2) is 13.0.